The third-order valence-electron chi connectivity index (χ3n) is 4.63. The molecule has 30 heavy (non-hydrogen) atoms. The van der Waals surface area contributed by atoms with Crippen LogP contribution >= 0.6 is 0 Å². The lowest BCUT2D eigenvalue weighted by molar-refractivity contribution is 0.102. The van der Waals surface area contributed by atoms with Gasteiger partial charge < -0.3 is 14.5 Å². The molecule has 0 fully saturated rings. The van der Waals surface area contributed by atoms with Crippen LogP contribution in [0.3, 0.4) is 0 Å². The first kappa shape index (κ1) is 19.6. The second-order valence-corrected chi connectivity index (χ2v) is 6.86. The molecule has 0 spiro atoms. The monoisotopic (exact) mass is 404 g/mol. The Morgan fingerprint density at radius 2 is 1.90 bits per heavy atom. The molecule has 0 saturated carbocycles. The van der Waals surface area contributed by atoms with Crippen LogP contribution in [0.15, 0.2) is 71.1 Å². The van der Waals surface area contributed by atoms with Crippen LogP contribution in [-0.2, 0) is 0 Å². The largest absolute Gasteiger partial charge is 0.494 e. The number of carbonyl (C=O) groups excluding carboxylic acids is 1. The number of nitrogens with zero attached hydrogens (tertiary/aromatic N) is 1. The van der Waals surface area contributed by atoms with Crippen LogP contribution in [0.1, 0.15) is 30.1 Å². The van der Waals surface area contributed by atoms with E-state index >= 15 is 0 Å². The Hall–Kier alpha value is -3.67. The summed E-state index contributed by atoms with van der Waals surface area (Å²) in [6.45, 7) is 2.77. The Morgan fingerprint density at radius 3 is 2.67 bits per heavy atom. The number of carbonyl (C=O) groups is 1. The number of nitrogens with one attached hydrogen (secondary N) is 1. The van der Waals surface area contributed by atoms with Gasteiger partial charge in [-0.25, -0.2) is 9.37 Å². The Labute approximate surface area is 173 Å². The molecule has 0 bridgehead atoms. The normalized spacial score (nSPS) is 10.9. The van der Waals surface area contributed by atoms with E-state index in [1.165, 1.54) is 6.07 Å². The zero-order chi connectivity index (χ0) is 20.9. The van der Waals surface area contributed by atoms with E-state index in [2.05, 4.69) is 17.2 Å². The first-order chi connectivity index (χ1) is 14.6. The smallest absolute Gasteiger partial charge is 0.255 e. The van der Waals surface area contributed by atoms with Gasteiger partial charge in [0.25, 0.3) is 5.91 Å². The van der Waals surface area contributed by atoms with Gasteiger partial charge in [0.1, 0.15) is 17.1 Å². The van der Waals surface area contributed by atoms with Crippen molar-refractivity contribution in [1.29, 1.82) is 0 Å². The summed E-state index contributed by atoms with van der Waals surface area (Å²) < 4.78 is 25.3. The maximum absolute atomic E-state index is 14.0. The fraction of sp³-hybridized carbons (Fsp3) is 0.167. The van der Waals surface area contributed by atoms with Gasteiger partial charge in [0.15, 0.2) is 5.58 Å². The van der Waals surface area contributed by atoms with E-state index in [1.54, 1.807) is 60.7 Å². The van der Waals surface area contributed by atoms with Crippen LogP contribution < -0.4 is 10.1 Å². The number of hydrogen-bond acceptors (Lipinski definition) is 4. The highest BCUT2D eigenvalue weighted by atomic mass is 19.1. The van der Waals surface area contributed by atoms with Crippen molar-refractivity contribution in [3.8, 4) is 17.2 Å². The molecule has 1 amide bonds. The zero-order valence-corrected chi connectivity index (χ0v) is 16.5. The van der Waals surface area contributed by atoms with Gasteiger partial charge >= 0.3 is 0 Å². The van der Waals surface area contributed by atoms with Gasteiger partial charge in [0.05, 0.1) is 12.2 Å². The summed E-state index contributed by atoms with van der Waals surface area (Å²) in [5.74, 6) is 0.293. The number of aromatic nitrogens is 1. The highest BCUT2D eigenvalue weighted by molar-refractivity contribution is 6.05. The molecule has 0 atom stereocenters. The number of hydrogen-bond donors (Lipinski definition) is 1. The minimum atomic E-state index is -0.403. The molecule has 1 heterocycles. The SMILES string of the molecule is CCCCOc1ccc(C(=O)Nc2ccc3oc(-c4ccccc4F)nc3c2)cc1. The fourth-order valence-corrected chi connectivity index (χ4v) is 3.00. The molecule has 0 unspecified atom stereocenters. The van der Waals surface area contributed by atoms with Crippen molar-refractivity contribution in [1.82, 2.24) is 4.98 Å². The third kappa shape index (κ3) is 4.33. The highest BCUT2D eigenvalue weighted by Crippen LogP contribution is 2.28. The molecule has 4 rings (SSSR count). The molecular formula is C24H21FN2O3. The predicted molar refractivity (Wildman–Crippen MR) is 114 cm³/mol. The molecule has 152 valence electrons. The molecule has 5 nitrogen and oxygen atoms in total. The Morgan fingerprint density at radius 1 is 1.10 bits per heavy atom. The Kier molecular flexibility index (Phi) is 5.75. The van der Waals surface area contributed by atoms with E-state index in [4.69, 9.17) is 9.15 Å². The molecule has 0 aliphatic carbocycles. The lowest BCUT2D eigenvalue weighted by Crippen LogP contribution is -2.11. The van der Waals surface area contributed by atoms with Crippen molar-refractivity contribution in [2.75, 3.05) is 11.9 Å². The number of fused-ring (bicyclic) bond motifs is 1. The summed E-state index contributed by atoms with van der Waals surface area (Å²) in [5, 5.41) is 2.85. The number of rotatable bonds is 7. The van der Waals surface area contributed by atoms with Crippen LogP contribution in [0.4, 0.5) is 10.1 Å². The summed E-state index contributed by atoms with van der Waals surface area (Å²) in [7, 11) is 0. The lowest BCUT2D eigenvalue weighted by Gasteiger charge is -2.07. The summed E-state index contributed by atoms with van der Waals surface area (Å²) >= 11 is 0. The fourth-order valence-electron chi connectivity index (χ4n) is 3.00. The number of ether oxygens (including phenoxy) is 1. The van der Waals surface area contributed by atoms with Gasteiger partial charge in [-0.05, 0) is 61.0 Å². The lowest BCUT2D eigenvalue weighted by atomic mass is 10.2. The summed E-state index contributed by atoms with van der Waals surface area (Å²) in [5.41, 5.74) is 2.43. The van der Waals surface area contributed by atoms with Crippen molar-refractivity contribution in [3.63, 3.8) is 0 Å². The highest BCUT2D eigenvalue weighted by Gasteiger charge is 2.13. The van der Waals surface area contributed by atoms with Crippen molar-refractivity contribution in [2.45, 2.75) is 19.8 Å². The summed E-state index contributed by atoms with van der Waals surface area (Å²) in [6, 6.07) is 18.4. The summed E-state index contributed by atoms with van der Waals surface area (Å²) in [6.07, 6.45) is 2.06. The van der Waals surface area contributed by atoms with Crippen LogP contribution in [0.25, 0.3) is 22.6 Å². The van der Waals surface area contributed by atoms with Gasteiger partial charge in [0.2, 0.25) is 5.89 Å². The Bertz CT molecular complexity index is 1170. The van der Waals surface area contributed by atoms with Gasteiger partial charge in [-0.1, -0.05) is 25.5 Å². The van der Waals surface area contributed by atoms with E-state index in [0.29, 0.717) is 34.5 Å². The van der Waals surface area contributed by atoms with Crippen LogP contribution in [0.5, 0.6) is 5.75 Å². The van der Waals surface area contributed by atoms with Crippen molar-refractivity contribution in [3.05, 3.63) is 78.1 Å². The number of unbranched alkanes of at least 4 members (excludes halogenated alkanes) is 1. The van der Waals surface area contributed by atoms with Gasteiger partial charge in [-0.3, -0.25) is 4.79 Å². The molecule has 0 radical (unpaired) electrons. The van der Waals surface area contributed by atoms with E-state index in [0.717, 1.165) is 18.6 Å². The maximum Gasteiger partial charge on any atom is 0.255 e. The number of oxazole rings is 1. The van der Waals surface area contributed by atoms with Gasteiger partial charge in [0, 0.05) is 11.3 Å². The quantitative estimate of drug-likeness (QED) is 0.380. The molecule has 0 saturated heterocycles. The molecule has 0 aliphatic rings. The first-order valence-electron chi connectivity index (χ1n) is 9.84. The average molecular weight is 404 g/mol. The van der Waals surface area contributed by atoms with E-state index in [-0.39, 0.29) is 11.8 Å². The maximum atomic E-state index is 14.0. The summed E-state index contributed by atoms with van der Waals surface area (Å²) in [4.78, 5) is 16.9. The van der Waals surface area contributed by atoms with Crippen molar-refractivity contribution >= 4 is 22.7 Å². The topological polar surface area (TPSA) is 64.4 Å². The van der Waals surface area contributed by atoms with Crippen LogP contribution in [-0.4, -0.2) is 17.5 Å². The van der Waals surface area contributed by atoms with E-state index in [1.807, 2.05) is 0 Å². The second kappa shape index (κ2) is 8.78. The molecule has 0 aliphatic heterocycles. The number of halogens is 1. The minimum Gasteiger partial charge on any atom is -0.494 e. The van der Waals surface area contributed by atoms with Crippen molar-refractivity contribution in [2.24, 2.45) is 0 Å². The predicted octanol–water partition coefficient (Wildman–Crippen LogP) is 6.07. The van der Waals surface area contributed by atoms with Crippen LogP contribution in [0, 0.1) is 5.82 Å². The van der Waals surface area contributed by atoms with E-state index < -0.39 is 5.82 Å². The minimum absolute atomic E-state index is 0.199. The molecular weight excluding hydrogens is 383 g/mol. The molecule has 1 aromatic heterocycles. The van der Waals surface area contributed by atoms with Crippen molar-refractivity contribution < 1.29 is 18.3 Å². The molecule has 6 heteroatoms. The Balaban J connectivity index is 1.48. The third-order valence-corrected chi connectivity index (χ3v) is 4.63. The first-order valence-corrected chi connectivity index (χ1v) is 9.84. The van der Waals surface area contributed by atoms with Gasteiger partial charge in [-0.2, -0.15) is 0 Å². The number of benzene rings is 3. The van der Waals surface area contributed by atoms with Crippen LogP contribution in [0.2, 0.25) is 0 Å². The molecule has 1 N–H and O–H groups in total. The number of anilines is 1. The van der Waals surface area contributed by atoms with Gasteiger partial charge in [-0.15, -0.1) is 0 Å². The molecule has 3 aromatic carbocycles. The zero-order valence-electron chi connectivity index (χ0n) is 16.5. The average Bonchev–Trinajstić information content (AvgIpc) is 3.18. The standard InChI is InChI=1S/C24H21FN2O3/c1-2-3-14-29-18-11-8-16(9-12-18)23(28)26-17-10-13-22-21(15-17)27-24(30-22)19-6-4-5-7-20(19)25/h4-13,15H,2-3,14H2,1H3,(H,26,28). The second-order valence-electron chi connectivity index (χ2n) is 6.86. The van der Waals surface area contributed by atoms with E-state index in [9.17, 15) is 9.18 Å². The number of amides is 1. The molecule has 4 aromatic rings.